The van der Waals surface area contributed by atoms with Crippen molar-refractivity contribution in [2.75, 3.05) is 5.32 Å². The van der Waals surface area contributed by atoms with E-state index in [0.717, 1.165) is 0 Å². The van der Waals surface area contributed by atoms with Crippen LogP contribution in [0, 0.1) is 11.6 Å². The molecule has 5 heterocycles. The summed E-state index contributed by atoms with van der Waals surface area (Å²) in [5.41, 5.74) is 3.80. The van der Waals surface area contributed by atoms with Crippen molar-refractivity contribution in [3.05, 3.63) is 72.8 Å². The van der Waals surface area contributed by atoms with Crippen LogP contribution in [0.2, 0.25) is 0 Å². The van der Waals surface area contributed by atoms with Crippen LogP contribution < -0.4 is 5.32 Å². The molecule has 0 spiro atoms. The summed E-state index contributed by atoms with van der Waals surface area (Å²) in [6.45, 7) is 1.91. The number of amides is 1. The summed E-state index contributed by atoms with van der Waals surface area (Å²) in [6.07, 6.45) is 7.10. The lowest BCUT2D eigenvalue weighted by molar-refractivity contribution is -0.116. The van der Waals surface area contributed by atoms with E-state index in [1.807, 2.05) is 6.92 Å². The first-order chi connectivity index (χ1) is 18.5. The first-order valence-electron chi connectivity index (χ1n) is 11.9. The molecule has 6 aromatic rings. The lowest BCUT2D eigenvalue weighted by Gasteiger charge is -2.07. The maximum atomic E-state index is 16.0. The number of hydrogen-bond donors (Lipinski definition) is 3. The second-order valence-electron chi connectivity index (χ2n) is 8.70. The number of anilines is 1. The number of imidazole rings is 1. The molecule has 188 valence electrons. The molecule has 9 nitrogen and oxygen atoms in total. The maximum Gasteiger partial charge on any atom is 0.224 e. The Balaban J connectivity index is 1.44. The number of hydrogen-bond acceptors (Lipinski definition) is 6. The van der Waals surface area contributed by atoms with Gasteiger partial charge in [0.05, 0.1) is 34.5 Å². The van der Waals surface area contributed by atoms with E-state index in [-0.39, 0.29) is 34.3 Å². The Hall–Kier alpha value is -5.06. The van der Waals surface area contributed by atoms with Crippen LogP contribution in [-0.2, 0) is 4.79 Å². The average molecular weight is 511 g/mol. The third-order valence-electron chi connectivity index (χ3n) is 6.07. The molecule has 38 heavy (non-hydrogen) atoms. The quantitative estimate of drug-likeness (QED) is 0.266. The van der Waals surface area contributed by atoms with Crippen LogP contribution in [0.25, 0.3) is 56.0 Å². The topological polar surface area (TPSA) is 125 Å². The van der Waals surface area contributed by atoms with Gasteiger partial charge in [0, 0.05) is 29.9 Å². The zero-order valence-electron chi connectivity index (χ0n) is 20.1. The van der Waals surface area contributed by atoms with Gasteiger partial charge in [-0.2, -0.15) is 5.10 Å². The molecule has 0 saturated heterocycles. The SMILES string of the molecule is CCCC(=O)Nc1cncc(-c2ncc3[nH]nc(-c4nc5nccc(-c6cccc(F)c6)c5[nH]4)c3c2F)c1. The van der Waals surface area contributed by atoms with Crippen LogP contribution in [-0.4, -0.2) is 41.0 Å². The lowest BCUT2D eigenvalue weighted by atomic mass is 10.1. The van der Waals surface area contributed by atoms with Crippen molar-refractivity contribution in [3.8, 4) is 33.9 Å². The zero-order valence-corrected chi connectivity index (χ0v) is 20.1. The molecule has 0 aliphatic heterocycles. The van der Waals surface area contributed by atoms with Gasteiger partial charge in [-0.3, -0.25) is 19.9 Å². The van der Waals surface area contributed by atoms with Crippen molar-refractivity contribution in [1.82, 2.24) is 35.1 Å². The first-order valence-corrected chi connectivity index (χ1v) is 11.9. The monoisotopic (exact) mass is 510 g/mol. The molecule has 0 bridgehead atoms. The van der Waals surface area contributed by atoms with E-state index in [0.29, 0.717) is 51.9 Å². The summed E-state index contributed by atoms with van der Waals surface area (Å²) in [4.78, 5) is 32.4. The number of pyridine rings is 3. The fourth-order valence-corrected chi connectivity index (χ4v) is 4.36. The highest BCUT2D eigenvalue weighted by atomic mass is 19.1. The molecule has 0 aliphatic rings. The van der Waals surface area contributed by atoms with Crippen LogP contribution in [0.15, 0.2) is 61.2 Å². The highest BCUT2D eigenvalue weighted by Crippen LogP contribution is 2.34. The number of nitrogens with one attached hydrogen (secondary N) is 3. The van der Waals surface area contributed by atoms with Crippen LogP contribution in [0.1, 0.15) is 19.8 Å². The van der Waals surface area contributed by atoms with Crippen molar-refractivity contribution < 1.29 is 13.6 Å². The summed E-state index contributed by atoms with van der Waals surface area (Å²) in [6, 6.07) is 9.57. The van der Waals surface area contributed by atoms with Crippen molar-refractivity contribution in [3.63, 3.8) is 0 Å². The van der Waals surface area contributed by atoms with E-state index in [2.05, 4.69) is 40.4 Å². The Morgan fingerprint density at radius 3 is 2.76 bits per heavy atom. The molecule has 0 atom stereocenters. The number of fused-ring (bicyclic) bond motifs is 2. The molecule has 1 aromatic carbocycles. The first kappa shape index (κ1) is 23.3. The molecule has 3 N–H and O–H groups in total. The van der Waals surface area contributed by atoms with E-state index in [9.17, 15) is 9.18 Å². The number of nitrogens with zero attached hydrogens (tertiary/aromatic N) is 5. The molecule has 6 rings (SSSR count). The molecular weight excluding hydrogens is 490 g/mol. The fourth-order valence-electron chi connectivity index (χ4n) is 4.36. The predicted molar refractivity (Wildman–Crippen MR) is 139 cm³/mol. The van der Waals surface area contributed by atoms with Gasteiger partial charge in [0.1, 0.15) is 17.2 Å². The summed E-state index contributed by atoms with van der Waals surface area (Å²) in [5.74, 6) is -0.846. The van der Waals surface area contributed by atoms with Crippen molar-refractivity contribution in [1.29, 1.82) is 0 Å². The summed E-state index contributed by atoms with van der Waals surface area (Å²) in [5, 5.41) is 10.0. The highest BCUT2D eigenvalue weighted by Gasteiger charge is 2.21. The smallest absolute Gasteiger partial charge is 0.224 e. The van der Waals surface area contributed by atoms with E-state index in [1.165, 1.54) is 30.7 Å². The van der Waals surface area contributed by atoms with E-state index in [1.54, 1.807) is 30.5 Å². The minimum atomic E-state index is -0.621. The number of H-pyrrole nitrogens is 2. The van der Waals surface area contributed by atoms with Gasteiger partial charge in [-0.05, 0) is 36.2 Å². The van der Waals surface area contributed by atoms with Crippen LogP contribution >= 0.6 is 0 Å². The third kappa shape index (κ3) is 4.13. The Morgan fingerprint density at radius 2 is 1.92 bits per heavy atom. The molecule has 0 saturated carbocycles. The van der Waals surface area contributed by atoms with Crippen LogP contribution in [0.4, 0.5) is 14.5 Å². The predicted octanol–water partition coefficient (Wildman–Crippen LogP) is 5.64. The second-order valence-corrected chi connectivity index (χ2v) is 8.70. The molecule has 1 amide bonds. The molecule has 0 unspecified atom stereocenters. The van der Waals surface area contributed by atoms with E-state index < -0.39 is 5.82 Å². The molecule has 0 fully saturated rings. The average Bonchev–Trinajstić information content (AvgIpc) is 3.54. The molecular formula is C27H20F2N8O. The number of carbonyl (C=O) groups is 1. The Bertz CT molecular complexity index is 1830. The van der Waals surface area contributed by atoms with Crippen LogP contribution in [0.3, 0.4) is 0 Å². The van der Waals surface area contributed by atoms with Gasteiger partial charge in [-0.15, -0.1) is 0 Å². The van der Waals surface area contributed by atoms with Crippen molar-refractivity contribution in [2.24, 2.45) is 0 Å². The number of halogens is 2. The number of rotatable bonds is 6. The number of carbonyl (C=O) groups excluding carboxylic acids is 1. The molecule has 0 aliphatic carbocycles. The highest BCUT2D eigenvalue weighted by molar-refractivity contribution is 5.97. The Labute approximate surface area is 214 Å². The van der Waals surface area contributed by atoms with Gasteiger partial charge >= 0.3 is 0 Å². The normalized spacial score (nSPS) is 11.3. The van der Waals surface area contributed by atoms with Crippen LogP contribution in [0.5, 0.6) is 0 Å². The lowest BCUT2D eigenvalue weighted by Crippen LogP contribution is -2.10. The minimum Gasteiger partial charge on any atom is -0.335 e. The second kappa shape index (κ2) is 9.43. The zero-order chi connectivity index (χ0) is 26.2. The van der Waals surface area contributed by atoms with Crippen molar-refractivity contribution >= 4 is 33.7 Å². The molecule has 11 heteroatoms. The van der Waals surface area contributed by atoms with Gasteiger partial charge in [0.2, 0.25) is 5.91 Å². The summed E-state index contributed by atoms with van der Waals surface area (Å²) < 4.78 is 29.8. The number of aromatic nitrogens is 7. The maximum absolute atomic E-state index is 16.0. The Kier molecular flexibility index (Phi) is 5.79. The van der Waals surface area contributed by atoms with Crippen molar-refractivity contribution in [2.45, 2.75) is 19.8 Å². The summed E-state index contributed by atoms with van der Waals surface area (Å²) in [7, 11) is 0. The Morgan fingerprint density at radius 1 is 1.03 bits per heavy atom. The van der Waals surface area contributed by atoms with Gasteiger partial charge < -0.3 is 10.3 Å². The largest absolute Gasteiger partial charge is 0.335 e. The van der Waals surface area contributed by atoms with Gasteiger partial charge in [0.25, 0.3) is 0 Å². The van der Waals surface area contributed by atoms with E-state index >= 15 is 4.39 Å². The fraction of sp³-hybridized carbons (Fsp3) is 0.111. The molecule has 5 aromatic heterocycles. The summed E-state index contributed by atoms with van der Waals surface area (Å²) >= 11 is 0. The number of benzene rings is 1. The van der Waals surface area contributed by atoms with Gasteiger partial charge in [0.15, 0.2) is 17.3 Å². The number of aromatic amines is 2. The third-order valence-corrected chi connectivity index (χ3v) is 6.07. The molecule has 0 radical (unpaired) electrons. The standard InChI is InChI=1S/C27H20F2N8O/c1-2-4-20(38)33-17-10-15(11-30-12-17)23-22(29)21-19(13-32-23)36-37-25(21)27-34-24-18(7-8-31-26(24)35-27)14-5-3-6-16(28)9-14/h3,5-13H,2,4H2,1H3,(H,33,38)(H,36,37)(H,31,34,35). The minimum absolute atomic E-state index is 0.0499. The van der Waals surface area contributed by atoms with E-state index in [4.69, 9.17) is 0 Å². The van der Waals surface area contributed by atoms with Gasteiger partial charge in [-0.25, -0.2) is 18.7 Å². The van der Waals surface area contributed by atoms with Gasteiger partial charge in [-0.1, -0.05) is 19.1 Å².